The molecule has 7 nitrogen and oxygen atoms in total. The number of piperidine rings is 1. The zero-order valence-corrected chi connectivity index (χ0v) is 15.9. The Kier molecular flexibility index (Phi) is 2.83. The summed E-state index contributed by atoms with van der Waals surface area (Å²) in [5.41, 5.74) is 1.84. The molecule has 5 atom stereocenters. The van der Waals surface area contributed by atoms with Crippen molar-refractivity contribution in [2.45, 2.75) is 61.6 Å². The van der Waals surface area contributed by atoms with Crippen LogP contribution in [-0.2, 0) is 30.8 Å². The van der Waals surface area contributed by atoms with Gasteiger partial charge in [-0.25, -0.2) is 0 Å². The molecule has 4 aliphatic heterocycles. The second kappa shape index (κ2) is 4.90. The van der Waals surface area contributed by atoms with Crippen LogP contribution in [-0.4, -0.2) is 60.9 Å². The highest BCUT2D eigenvalue weighted by atomic mass is 16.8. The van der Waals surface area contributed by atoms with Crippen LogP contribution < -0.4 is 9.47 Å². The number of ether oxygens (including phenoxy) is 5. The Morgan fingerprint density at radius 1 is 1.18 bits per heavy atom. The summed E-state index contributed by atoms with van der Waals surface area (Å²) in [5.74, 6) is 0.105. The number of hydrogen-bond acceptors (Lipinski definition) is 7. The lowest BCUT2D eigenvalue weighted by Gasteiger charge is -2.62. The minimum absolute atomic E-state index is 0.287. The average molecular weight is 385 g/mol. The molecule has 0 N–H and O–H groups in total. The Morgan fingerprint density at radius 2 is 2.04 bits per heavy atom. The lowest BCUT2D eigenvalue weighted by molar-refractivity contribution is -0.283. The number of nitrogens with zero attached hydrogens (tertiary/aromatic N) is 1. The standard InChI is InChI=1S/C21H23NO6/c1-12(23)27-14-3-2-13-10-15-20-4-5-21(24-8-9-25-21)18-19(20,16(13)17(14)28-18)6-7-22(15)11-26-20/h2-3,15,18H,4-11H2,1H3. The van der Waals surface area contributed by atoms with Crippen LogP contribution in [0.15, 0.2) is 12.1 Å². The molecule has 4 heterocycles. The molecule has 28 heavy (non-hydrogen) atoms. The van der Waals surface area contributed by atoms with Crippen molar-refractivity contribution in [1.82, 2.24) is 4.90 Å². The first-order valence-electron chi connectivity index (χ1n) is 10.3. The van der Waals surface area contributed by atoms with E-state index in [1.807, 2.05) is 6.07 Å². The number of hydrogen-bond donors (Lipinski definition) is 0. The van der Waals surface area contributed by atoms with Crippen molar-refractivity contribution in [2.75, 3.05) is 26.5 Å². The van der Waals surface area contributed by atoms with Gasteiger partial charge in [-0.3, -0.25) is 9.69 Å². The van der Waals surface area contributed by atoms with Gasteiger partial charge in [0.05, 0.1) is 24.2 Å². The molecular formula is C21H23NO6. The van der Waals surface area contributed by atoms with E-state index in [-0.39, 0.29) is 23.1 Å². The van der Waals surface area contributed by atoms with Gasteiger partial charge < -0.3 is 23.7 Å². The summed E-state index contributed by atoms with van der Waals surface area (Å²) in [4.78, 5) is 14.2. The molecule has 3 saturated heterocycles. The zero-order valence-electron chi connectivity index (χ0n) is 15.9. The highest BCUT2D eigenvalue weighted by Crippen LogP contribution is 2.70. The van der Waals surface area contributed by atoms with Gasteiger partial charge in [-0.15, -0.1) is 0 Å². The van der Waals surface area contributed by atoms with Crippen LogP contribution >= 0.6 is 0 Å². The van der Waals surface area contributed by atoms with Gasteiger partial charge in [-0.05, 0) is 30.9 Å². The Hall–Kier alpha value is -1.67. The van der Waals surface area contributed by atoms with Gasteiger partial charge in [0.25, 0.3) is 0 Å². The number of fused-ring (bicyclic) bond motifs is 1. The maximum absolute atomic E-state index is 11.7. The first-order chi connectivity index (χ1) is 13.6. The minimum Gasteiger partial charge on any atom is -0.479 e. The van der Waals surface area contributed by atoms with Gasteiger partial charge in [-0.2, -0.15) is 0 Å². The molecule has 0 aromatic heterocycles. The van der Waals surface area contributed by atoms with E-state index >= 15 is 0 Å². The third-order valence-corrected chi connectivity index (χ3v) is 8.04. The van der Waals surface area contributed by atoms with Crippen molar-refractivity contribution in [3.63, 3.8) is 0 Å². The van der Waals surface area contributed by atoms with Gasteiger partial charge >= 0.3 is 5.97 Å². The van der Waals surface area contributed by atoms with Crippen LogP contribution in [0.2, 0.25) is 0 Å². The number of carbonyl (C=O) groups is 1. The summed E-state index contributed by atoms with van der Waals surface area (Å²) in [6, 6.07) is 4.33. The van der Waals surface area contributed by atoms with E-state index in [1.54, 1.807) is 0 Å². The summed E-state index contributed by atoms with van der Waals surface area (Å²) in [5, 5.41) is 0. The summed E-state index contributed by atoms with van der Waals surface area (Å²) >= 11 is 0. The molecule has 4 fully saturated rings. The normalized spacial score (nSPS) is 43.0. The van der Waals surface area contributed by atoms with Gasteiger partial charge in [0.2, 0.25) is 5.79 Å². The minimum atomic E-state index is -0.745. The Labute approximate surface area is 162 Å². The number of benzene rings is 1. The molecule has 0 radical (unpaired) electrons. The first-order valence-corrected chi connectivity index (χ1v) is 10.3. The number of esters is 1. The molecule has 6 aliphatic rings. The van der Waals surface area contributed by atoms with Crippen LogP contribution in [0.25, 0.3) is 0 Å². The van der Waals surface area contributed by atoms with E-state index in [9.17, 15) is 4.79 Å². The van der Waals surface area contributed by atoms with Crippen molar-refractivity contribution in [3.8, 4) is 11.5 Å². The topological polar surface area (TPSA) is 66.5 Å². The van der Waals surface area contributed by atoms with E-state index in [4.69, 9.17) is 23.7 Å². The van der Waals surface area contributed by atoms with Crippen LogP contribution in [0.3, 0.4) is 0 Å². The van der Waals surface area contributed by atoms with Gasteiger partial charge in [0.15, 0.2) is 17.6 Å². The van der Waals surface area contributed by atoms with E-state index in [2.05, 4.69) is 11.0 Å². The highest BCUT2D eigenvalue weighted by molar-refractivity contribution is 5.73. The summed E-state index contributed by atoms with van der Waals surface area (Å²) < 4.78 is 31.3. The SMILES string of the molecule is CC(=O)Oc1ccc2c3c1OC1C4(CCC56OCN(CCC315)C6C2)OCCO4. The maximum atomic E-state index is 11.7. The first kappa shape index (κ1) is 16.2. The predicted molar refractivity (Wildman–Crippen MR) is 95.2 cm³/mol. The molecule has 1 saturated carbocycles. The van der Waals surface area contributed by atoms with Crippen LogP contribution in [0, 0.1) is 0 Å². The summed E-state index contributed by atoms with van der Waals surface area (Å²) in [6.07, 6.45) is 3.24. The third-order valence-electron chi connectivity index (χ3n) is 8.04. The Morgan fingerprint density at radius 3 is 2.86 bits per heavy atom. The molecule has 7 heteroatoms. The van der Waals surface area contributed by atoms with Crippen molar-refractivity contribution in [1.29, 1.82) is 0 Å². The molecule has 1 aromatic rings. The molecule has 0 amide bonds. The molecule has 7 rings (SSSR count). The molecule has 4 bridgehead atoms. The van der Waals surface area contributed by atoms with E-state index in [0.29, 0.717) is 37.5 Å². The Bertz CT molecular complexity index is 910. The fourth-order valence-electron chi connectivity index (χ4n) is 7.20. The fraction of sp³-hybridized carbons (Fsp3) is 0.667. The van der Waals surface area contributed by atoms with Gasteiger partial charge in [0.1, 0.15) is 6.73 Å². The van der Waals surface area contributed by atoms with Crippen LogP contribution in [0.5, 0.6) is 11.5 Å². The van der Waals surface area contributed by atoms with Crippen LogP contribution in [0.1, 0.15) is 37.3 Å². The molecule has 1 aromatic carbocycles. The van der Waals surface area contributed by atoms with Crippen molar-refractivity contribution >= 4 is 5.97 Å². The smallest absolute Gasteiger partial charge is 0.308 e. The quantitative estimate of drug-likeness (QED) is 0.536. The van der Waals surface area contributed by atoms with E-state index < -0.39 is 5.79 Å². The van der Waals surface area contributed by atoms with Crippen molar-refractivity contribution < 1.29 is 28.5 Å². The number of carbonyl (C=O) groups excluding carboxylic acids is 1. The maximum Gasteiger partial charge on any atom is 0.308 e. The summed E-state index contributed by atoms with van der Waals surface area (Å²) in [7, 11) is 0. The molecule has 5 unspecified atom stereocenters. The largest absolute Gasteiger partial charge is 0.479 e. The molecule has 2 aliphatic carbocycles. The van der Waals surface area contributed by atoms with Crippen LogP contribution in [0.4, 0.5) is 0 Å². The van der Waals surface area contributed by atoms with Crippen molar-refractivity contribution in [3.05, 3.63) is 23.3 Å². The third kappa shape index (κ3) is 1.55. The molecular weight excluding hydrogens is 362 g/mol. The lowest BCUT2D eigenvalue weighted by Crippen LogP contribution is -2.76. The van der Waals surface area contributed by atoms with Gasteiger partial charge in [0, 0.05) is 31.5 Å². The van der Waals surface area contributed by atoms with E-state index in [0.717, 1.165) is 32.2 Å². The molecule has 148 valence electrons. The fourth-order valence-corrected chi connectivity index (χ4v) is 7.20. The Balaban J connectivity index is 1.52. The predicted octanol–water partition coefficient (Wildman–Crippen LogP) is 1.50. The van der Waals surface area contributed by atoms with Gasteiger partial charge in [-0.1, -0.05) is 6.07 Å². The molecule has 3 spiro atoms. The zero-order chi connectivity index (χ0) is 18.7. The summed E-state index contributed by atoms with van der Waals surface area (Å²) in [6.45, 7) is 4.24. The second-order valence-corrected chi connectivity index (χ2v) is 8.94. The monoisotopic (exact) mass is 385 g/mol. The highest BCUT2D eigenvalue weighted by Gasteiger charge is 2.79. The number of rotatable bonds is 1. The average Bonchev–Trinajstić information content (AvgIpc) is 3.32. The lowest BCUT2D eigenvalue weighted by atomic mass is 9.48. The van der Waals surface area contributed by atoms with E-state index in [1.165, 1.54) is 18.1 Å². The second-order valence-electron chi connectivity index (χ2n) is 8.94. The van der Waals surface area contributed by atoms with Crippen molar-refractivity contribution in [2.24, 2.45) is 0 Å².